The van der Waals surface area contributed by atoms with Crippen LogP contribution < -0.4 is 5.43 Å². The molecule has 0 saturated heterocycles. The largest absolute Gasteiger partial charge is 0.353 e. The maximum Gasteiger partial charge on any atom is 0.181 e. The van der Waals surface area contributed by atoms with Crippen molar-refractivity contribution in [1.29, 1.82) is 0 Å². The summed E-state index contributed by atoms with van der Waals surface area (Å²) in [4.78, 5) is 10.8. The molecule has 0 aliphatic carbocycles. The van der Waals surface area contributed by atoms with Crippen LogP contribution in [0.4, 0.5) is 0 Å². The molecule has 84 valence electrons. The van der Waals surface area contributed by atoms with Gasteiger partial charge in [0.2, 0.25) is 0 Å². The molecule has 1 aromatic heterocycles. The second kappa shape index (κ2) is 5.11. The second-order valence-corrected chi connectivity index (χ2v) is 5.73. The van der Waals surface area contributed by atoms with Crippen molar-refractivity contribution in [3.8, 4) is 0 Å². The highest BCUT2D eigenvalue weighted by Gasteiger charge is 2.08. The van der Waals surface area contributed by atoms with Gasteiger partial charge in [0.05, 0.1) is 5.75 Å². The molecule has 4 nitrogen and oxygen atoms in total. The molecule has 0 spiro atoms. The summed E-state index contributed by atoms with van der Waals surface area (Å²) in [6.45, 7) is 2.25. The van der Waals surface area contributed by atoms with Crippen molar-refractivity contribution in [1.82, 2.24) is 4.57 Å². The fourth-order valence-corrected chi connectivity index (χ4v) is 2.57. The number of rotatable bonds is 5. The number of hydrogen-bond donors (Lipinski definition) is 0. The SMILES string of the molecule is CCCS(=O)(=O)CCn1ccc(=O)cc1. The number of pyridine rings is 1. The number of sulfone groups is 1. The van der Waals surface area contributed by atoms with E-state index in [1.807, 2.05) is 6.92 Å². The van der Waals surface area contributed by atoms with Crippen molar-refractivity contribution in [2.75, 3.05) is 11.5 Å². The molecule has 0 atom stereocenters. The molecule has 15 heavy (non-hydrogen) atoms. The second-order valence-electron chi connectivity index (χ2n) is 3.42. The van der Waals surface area contributed by atoms with Gasteiger partial charge in [-0.15, -0.1) is 0 Å². The van der Waals surface area contributed by atoms with E-state index in [2.05, 4.69) is 0 Å². The van der Waals surface area contributed by atoms with E-state index < -0.39 is 9.84 Å². The standard InChI is InChI=1S/C10H15NO3S/c1-2-8-15(13,14)9-7-11-5-3-10(12)4-6-11/h3-6H,2,7-9H2,1H3. The van der Waals surface area contributed by atoms with E-state index in [-0.39, 0.29) is 16.9 Å². The zero-order valence-corrected chi connectivity index (χ0v) is 9.53. The molecule has 0 aliphatic heterocycles. The molecule has 0 aliphatic rings. The van der Waals surface area contributed by atoms with Gasteiger partial charge >= 0.3 is 0 Å². The quantitative estimate of drug-likeness (QED) is 0.745. The first-order valence-corrected chi connectivity index (χ1v) is 6.72. The molecule has 0 amide bonds. The van der Waals surface area contributed by atoms with Crippen LogP contribution in [0.3, 0.4) is 0 Å². The Hall–Kier alpha value is -1.10. The number of aryl methyl sites for hydroxylation is 1. The van der Waals surface area contributed by atoms with E-state index in [9.17, 15) is 13.2 Å². The third-order valence-corrected chi connectivity index (χ3v) is 3.87. The van der Waals surface area contributed by atoms with Crippen LogP contribution in [0.2, 0.25) is 0 Å². The summed E-state index contributed by atoms with van der Waals surface area (Å²) in [6, 6.07) is 2.85. The molecule has 0 radical (unpaired) electrons. The van der Waals surface area contributed by atoms with Gasteiger partial charge < -0.3 is 4.57 Å². The molecule has 0 fully saturated rings. The van der Waals surface area contributed by atoms with Gasteiger partial charge in [0.1, 0.15) is 0 Å². The normalized spacial score (nSPS) is 11.5. The van der Waals surface area contributed by atoms with Crippen molar-refractivity contribution >= 4 is 9.84 Å². The summed E-state index contributed by atoms with van der Waals surface area (Å²) in [6.07, 6.45) is 3.85. The fraction of sp³-hybridized carbons (Fsp3) is 0.500. The molecule has 0 unspecified atom stereocenters. The van der Waals surface area contributed by atoms with Gasteiger partial charge in [0.15, 0.2) is 15.3 Å². The van der Waals surface area contributed by atoms with Crippen molar-refractivity contribution in [2.45, 2.75) is 19.9 Å². The first-order chi connectivity index (χ1) is 7.03. The first-order valence-electron chi connectivity index (χ1n) is 4.90. The van der Waals surface area contributed by atoms with Crippen LogP contribution in [-0.4, -0.2) is 24.5 Å². The maximum absolute atomic E-state index is 11.4. The monoisotopic (exact) mass is 229 g/mol. The van der Waals surface area contributed by atoms with Gasteiger partial charge in [-0.1, -0.05) is 6.92 Å². The van der Waals surface area contributed by atoms with Crippen LogP contribution in [0.5, 0.6) is 0 Å². The van der Waals surface area contributed by atoms with Gasteiger partial charge in [-0.25, -0.2) is 8.42 Å². The van der Waals surface area contributed by atoms with E-state index in [1.165, 1.54) is 12.1 Å². The minimum atomic E-state index is -2.94. The van der Waals surface area contributed by atoms with E-state index in [4.69, 9.17) is 0 Å². The summed E-state index contributed by atoms with van der Waals surface area (Å²) in [5.74, 6) is 0.358. The molecule has 1 aromatic rings. The van der Waals surface area contributed by atoms with E-state index in [0.29, 0.717) is 13.0 Å². The Kier molecular flexibility index (Phi) is 4.08. The summed E-state index contributed by atoms with van der Waals surface area (Å²) < 4.78 is 24.5. The fourth-order valence-electron chi connectivity index (χ4n) is 1.25. The first kappa shape index (κ1) is 12.0. The maximum atomic E-state index is 11.4. The molecular weight excluding hydrogens is 214 g/mol. The van der Waals surface area contributed by atoms with Crippen LogP contribution >= 0.6 is 0 Å². The predicted octanol–water partition coefficient (Wildman–Crippen LogP) is 0.673. The third-order valence-electron chi connectivity index (χ3n) is 2.04. The molecule has 1 heterocycles. The number of nitrogens with zero attached hydrogens (tertiary/aromatic N) is 1. The summed E-state index contributed by atoms with van der Waals surface area (Å²) in [7, 11) is -2.94. The van der Waals surface area contributed by atoms with E-state index in [0.717, 1.165) is 0 Å². The minimum Gasteiger partial charge on any atom is -0.353 e. The Labute approximate surface area is 89.5 Å². The van der Waals surface area contributed by atoms with Gasteiger partial charge in [-0.2, -0.15) is 0 Å². The lowest BCUT2D eigenvalue weighted by Gasteiger charge is -2.05. The van der Waals surface area contributed by atoms with Crippen LogP contribution in [0.1, 0.15) is 13.3 Å². The van der Waals surface area contributed by atoms with Gasteiger partial charge in [0.25, 0.3) is 0 Å². The van der Waals surface area contributed by atoms with Crippen molar-refractivity contribution in [3.63, 3.8) is 0 Å². The van der Waals surface area contributed by atoms with Gasteiger partial charge in [-0.3, -0.25) is 4.79 Å². The Morgan fingerprint density at radius 1 is 1.20 bits per heavy atom. The van der Waals surface area contributed by atoms with Crippen LogP contribution in [0, 0.1) is 0 Å². The van der Waals surface area contributed by atoms with Gasteiger partial charge in [-0.05, 0) is 6.42 Å². The molecule has 5 heteroatoms. The number of hydrogen-bond acceptors (Lipinski definition) is 3. The predicted molar refractivity (Wildman–Crippen MR) is 59.6 cm³/mol. The van der Waals surface area contributed by atoms with Gasteiger partial charge in [0, 0.05) is 36.8 Å². The Bertz CT molecular complexity index is 441. The van der Waals surface area contributed by atoms with Crippen LogP contribution in [-0.2, 0) is 16.4 Å². The molecule has 0 bridgehead atoms. The van der Waals surface area contributed by atoms with E-state index in [1.54, 1.807) is 17.0 Å². The smallest absolute Gasteiger partial charge is 0.181 e. The lowest BCUT2D eigenvalue weighted by molar-refractivity contribution is 0.587. The topological polar surface area (TPSA) is 56.1 Å². The summed E-state index contributed by atoms with van der Waals surface area (Å²) in [5.41, 5.74) is -0.0670. The Morgan fingerprint density at radius 2 is 1.80 bits per heavy atom. The lowest BCUT2D eigenvalue weighted by atomic mass is 10.5. The molecule has 0 saturated carbocycles. The third kappa shape index (κ3) is 4.29. The highest BCUT2D eigenvalue weighted by atomic mass is 32.2. The number of aromatic nitrogens is 1. The minimum absolute atomic E-state index is 0.0670. The zero-order valence-electron chi connectivity index (χ0n) is 8.72. The van der Waals surface area contributed by atoms with Crippen LogP contribution in [0.25, 0.3) is 0 Å². The van der Waals surface area contributed by atoms with Crippen molar-refractivity contribution in [2.24, 2.45) is 0 Å². The Morgan fingerprint density at radius 3 is 2.33 bits per heavy atom. The average molecular weight is 229 g/mol. The highest BCUT2D eigenvalue weighted by Crippen LogP contribution is 1.96. The molecule has 1 rings (SSSR count). The van der Waals surface area contributed by atoms with E-state index >= 15 is 0 Å². The average Bonchev–Trinajstić information content (AvgIpc) is 2.17. The summed E-state index contributed by atoms with van der Waals surface area (Å²) in [5, 5.41) is 0. The molecule has 0 N–H and O–H groups in total. The molecule has 0 aromatic carbocycles. The zero-order chi connectivity index (χ0) is 11.3. The summed E-state index contributed by atoms with van der Waals surface area (Å²) >= 11 is 0. The van der Waals surface area contributed by atoms with Crippen LogP contribution in [0.15, 0.2) is 29.3 Å². The molecular formula is C10H15NO3S. The Balaban J connectivity index is 2.58. The highest BCUT2D eigenvalue weighted by molar-refractivity contribution is 7.91. The van der Waals surface area contributed by atoms with Crippen molar-refractivity contribution < 1.29 is 8.42 Å². The lowest BCUT2D eigenvalue weighted by Crippen LogP contribution is -2.16. The van der Waals surface area contributed by atoms with Crippen molar-refractivity contribution in [3.05, 3.63) is 34.7 Å².